The summed E-state index contributed by atoms with van der Waals surface area (Å²) in [5.74, 6) is -0.294. The predicted octanol–water partition coefficient (Wildman–Crippen LogP) is 4.40. The lowest BCUT2D eigenvalue weighted by molar-refractivity contribution is 0.230. The molecular formula is C15H11BrF2O. The Balaban J connectivity index is 1.85. The Morgan fingerprint density at radius 2 is 1.95 bits per heavy atom. The van der Waals surface area contributed by atoms with Crippen molar-refractivity contribution in [2.24, 2.45) is 0 Å². The fraction of sp³-hybridized carbons (Fsp3) is 0.200. The molecule has 1 aliphatic heterocycles. The minimum Gasteiger partial charge on any atom is -0.488 e. The minimum atomic E-state index is -0.573. The largest absolute Gasteiger partial charge is 0.488 e. The van der Waals surface area contributed by atoms with Crippen LogP contribution in [0.4, 0.5) is 8.78 Å². The van der Waals surface area contributed by atoms with E-state index in [1.54, 1.807) is 0 Å². The van der Waals surface area contributed by atoms with E-state index < -0.39 is 11.6 Å². The van der Waals surface area contributed by atoms with E-state index in [0.717, 1.165) is 17.4 Å². The highest BCUT2D eigenvalue weighted by molar-refractivity contribution is 9.09. The Kier molecular flexibility index (Phi) is 3.27. The van der Waals surface area contributed by atoms with Gasteiger partial charge in [-0.2, -0.15) is 0 Å². The van der Waals surface area contributed by atoms with Crippen LogP contribution in [0.2, 0.25) is 0 Å². The number of para-hydroxylation sites is 1. The standard InChI is InChI=1S/C15H11BrF2O/c16-15(11-6-5-10(17)8-12(11)18)14-7-9-3-1-2-4-13(9)19-14/h1-6,8,14-15H,7H2. The van der Waals surface area contributed by atoms with Crippen molar-refractivity contribution in [2.75, 3.05) is 0 Å². The zero-order valence-electron chi connectivity index (χ0n) is 9.95. The van der Waals surface area contributed by atoms with E-state index in [9.17, 15) is 8.78 Å². The van der Waals surface area contributed by atoms with Gasteiger partial charge in [0, 0.05) is 18.1 Å². The lowest BCUT2D eigenvalue weighted by atomic mass is 10.0. The average Bonchev–Trinajstić information content (AvgIpc) is 2.81. The first kappa shape index (κ1) is 12.6. The van der Waals surface area contributed by atoms with Gasteiger partial charge in [-0.1, -0.05) is 40.2 Å². The second kappa shape index (κ2) is 4.93. The van der Waals surface area contributed by atoms with Crippen LogP contribution in [0.3, 0.4) is 0 Å². The molecule has 0 radical (unpaired) electrons. The van der Waals surface area contributed by atoms with Crippen molar-refractivity contribution in [2.45, 2.75) is 17.4 Å². The third kappa shape index (κ3) is 2.37. The van der Waals surface area contributed by atoms with Gasteiger partial charge in [0.25, 0.3) is 0 Å². The fourth-order valence-electron chi connectivity index (χ4n) is 2.30. The molecule has 1 heterocycles. The first-order valence-electron chi connectivity index (χ1n) is 5.99. The van der Waals surface area contributed by atoms with Gasteiger partial charge in [0.1, 0.15) is 23.5 Å². The van der Waals surface area contributed by atoms with Gasteiger partial charge in [-0.05, 0) is 17.7 Å². The summed E-state index contributed by atoms with van der Waals surface area (Å²) >= 11 is 3.46. The average molecular weight is 325 g/mol. The molecule has 0 aliphatic carbocycles. The Bertz CT molecular complexity index is 590. The molecule has 0 fully saturated rings. The number of benzene rings is 2. The van der Waals surface area contributed by atoms with E-state index in [1.807, 2.05) is 24.3 Å². The number of hydrogen-bond acceptors (Lipinski definition) is 1. The highest BCUT2D eigenvalue weighted by atomic mass is 79.9. The Morgan fingerprint density at radius 1 is 1.16 bits per heavy atom. The van der Waals surface area contributed by atoms with E-state index in [0.29, 0.717) is 12.0 Å². The topological polar surface area (TPSA) is 9.23 Å². The maximum atomic E-state index is 13.8. The molecule has 1 nitrogen and oxygen atoms in total. The molecule has 0 saturated carbocycles. The van der Waals surface area contributed by atoms with Gasteiger partial charge in [0.05, 0.1) is 4.83 Å². The van der Waals surface area contributed by atoms with Crippen LogP contribution in [0, 0.1) is 11.6 Å². The Labute approximate surface area is 118 Å². The quantitative estimate of drug-likeness (QED) is 0.744. The molecule has 0 amide bonds. The van der Waals surface area contributed by atoms with E-state index >= 15 is 0 Å². The van der Waals surface area contributed by atoms with Gasteiger partial charge in [-0.25, -0.2) is 8.78 Å². The van der Waals surface area contributed by atoms with Crippen LogP contribution in [0.1, 0.15) is 16.0 Å². The fourth-order valence-corrected chi connectivity index (χ4v) is 2.96. The Hall–Kier alpha value is -1.42. The third-order valence-corrected chi connectivity index (χ3v) is 4.34. The molecule has 2 unspecified atom stereocenters. The molecule has 0 N–H and O–H groups in total. The van der Waals surface area contributed by atoms with Crippen LogP contribution in [0.5, 0.6) is 5.75 Å². The number of rotatable bonds is 2. The smallest absolute Gasteiger partial charge is 0.130 e. The lowest BCUT2D eigenvalue weighted by Crippen LogP contribution is -2.20. The first-order valence-corrected chi connectivity index (χ1v) is 6.90. The molecule has 98 valence electrons. The SMILES string of the molecule is Fc1ccc(C(Br)C2Cc3ccccc3O2)c(F)c1. The van der Waals surface area contributed by atoms with Gasteiger partial charge < -0.3 is 4.74 Å². The normalized spacial score (nSPS) is 18.8. The summed E-state index contributed by atoms with van der Waals surface area (Å²) in [4.78, 5) is -0.305. The summed E-state index contributed by atoms with van der Waals surface area (Å²) in [6.07, 6.45) is 0.528. The van der Waals surface area contributed by atoms with Crippen molar-refractivity contribution in [1.29, 1.82) is 0 Å². The van der Waals surface area contributed by atoms with Crippen molar-refractivity contribution in [1.82, 2.24) is 0 Å². The van der Waals surface area contributed by atoms with E-state index in [4.69, 9.17) is 4.74 Å². The highest BCUT2D eigenvalue weighted by Crippen LogP contribution is 2.38. The third-order valence-electron chi connectivity index (χ3n) is 3.26. The van der Waals surface area contributed by atoms with Crippen molar-refractivity contribution >= 4 is 15.9 Å². The molecule has 4 heteroatoms. The molecule has 0 saturated heterocycles. The summed E-state index contributed by atoms with van der Waals surface area (Å²) in [6, 6.07) is 11.4. The van der Waals surface area contributed by atoms with Crippen molar-refractivity contribution in [3.05, 3.63) is 65.2 Å². The summed E-state index contributed by atoms with van der Waals surface area (Å²) in [5, 5.41) is 0. The van der Waals surface area contributed by atoms with Crippen molar-refractivity contribution in [3.63, 3.8) is 0 Å². The highest BCUT2D eigenvalue weighted by Gasteiger charge is 2.31. The second-order valence-corrected chi connectivity index (χ2v) is 5.52. The predicted molar refractivity (Wildman–Crippen MR) is 72.6 cm³/mol. The monoisotopic (exact) mass is 324 g/mol. The number of hydrogen-bond donors (Lipinski definition) is 0. The van der Waals surface area contributed by atoms with E-state index in [-0.39, 0.29) is 10.9 Å². The minimum absolute atomic E-state index is 0.183. The van der Waals surface area contributed by atoms with Gasteiger partial charge in [0.2, 0.25) is 0 Å². The lowest BCUT2D eigenvalue weighted by Gasteiger charge is -2.18. The molecular weight excluding hydrogens is 314 g/mol. The van der Waals surface area contributed by atoms with Crippen LogP contribution in [0.25, 0.3) is 0 Å². The maximum absolute atomic E-state index is 13.8. The second-order valence-electron chi connectivity index (χ2n) is 4.54. The van der Waals surface area contributed by atoms with E-state index in [1.165, 1.54) is 12.1 Å². The zero-order valence-corrected chi connectivity index (χ0v) is 11.5. The molecule has 0 bridgehead atoms. The van der Waals surface area contributed by atoms with Crippen LogP contribution >= 0.6 is 15.9 Å². The van der Waals surface area contributed by atoms with Crippen molar-refractivity contribution in [3.8, 4) is 5.75 Å². The molecule has 1 aliphatic rings. The van der Waals surface area contributed by atoms with Crippen LogP contribution < -0.4 is 4.74 Å². The summed E-state index contributed by atoms with van der Waals surface area (Å²) < 4.78 is 32.5. The summed E-state index contributed by atoms with van der Waals surface area (Å²) in [7, 11) is 0. The van der Waals surface area contributed by atoms with Crippen molar-refractivity contribution < 1.29 is 13.5 Å². The van der Waals surface area contributed by atoms with Gasteiger partial charge in [-0.3, -0.25) is 0 Å². The molecule has 2 aromatic carbocycles. The molecule has 0 aromatic heterocycles. The van der Waals surface area contributed by atoms with Gasteiger partial charge in [0.15, 0.2) is 0 Å². The molecule has 2 atom stereocenters. The Morgan fingerprint density at radius 3 is 2.68 bits per heavy atom. The zero-order chi connectivity index (χ0) is 13.4. The van der Waals surface area contributed by atoms with Crippen LogP contribution in [-0.4, -0.2) is 6.10 Å². The summed E-state index contributed by atoms with van der Waals surface area (Å²) in [5.41, 5.74) is 1.53. The number of ether oxygens (including phenoxy) is 1. The van der Waals surface area contributed by atoms with Gasteiger partial charge >= 0.3 is 0 Å². The van der Waals surface area contributed by atoms with E-state index in [2.05, 4.69) is 15.9 Å². The number of alkyl halides is 1. The maximum Gasteiger partial charge on any atom is 0.130 e. The van der Waals surface area contributed by atoms with Gasteiger partial charge in [-0.15, -0.1) is 0 Å². The van der Waals surface area contributed by atoms with Crippen LogP contribution in [-0.2, 0) is 6.42 Å². The first-order chi connectivity index (χ1) is 9.15. The molecule has 0 spiro atoms. The summed E-state index contributed by atoms with van der Waals surface area (Å²) in [6.45, 7) is 0. The van der Waals surface area contributed by atoms with Crippen LogP contribution in [0.15, 0.2) is 42.5 Å². The molecule has 19 heavy (non-hydrogen) atoms. The molecule has 3 rings (SSSR count). The number of halogens is 3. The molecule has 2 aromatic rings. The number of fused-ring (bicyclic) bond motifs is 1.